The summed E-state index contributed by atoms with van der Waals surface area (Å²) in [4.78, 5) is 25.2. The first kappa shape index (κ1) is 16.5. The van der Waals surface area contributed by atoms with Crippen LogP contribution in [0.1, 0.15) is 47.0 Å². The van der Waals surface area contributed by atoms with E-state index < -0.39 is 23.1 Å². The largest absolute Gasteiger partial charge is 0.481 e. The van der Waals surface area contributed by atoms with Gasteiger partial charge in [-0.1, -0.05) is 12.2 Å². The van der Waals surface area contributed by atoms with E-state index in [1.165, 1.54) is 4.90 Å². The number of carbonyl (C=O) groups excluding carboxylic acids is 1. The van der Waals surface area contributed by atoms with Crippen LogP contribution in [0.5, 0.6) is 0 Å². The monoisotopic (exact) mass is 283 g/mol. The minimum atomic E-state index is -0.887. The molecule has 1 heterocycles. The number of carbonyl (C=O) groups is 2. The zero-order valence-corrected chi connectivity index (χ0v) is 12.8. The number of carboxylic acid groups (broad SMARTS) is 1. The molecule has 20 heavy (non-hydrogen) atoms. The summed E-state index contributed by atoms with van der Waals surface area (Å²) < 4.78 is 5.33. The Hall–Kier alpha value is -1.52. The van der Waals surface area contributed by atoms with Gasteiger partial charge in [0.05, 0.1) is 5.41 Å². The molecule has 1 rings (SSSR count). The molecule has 0 saturated carbocycles. The topological polar surface area (TPSA) is 66.8 Å². The molecule has 0 aromatic carbocycles. The van der Waals surface area contributed by atoms with E-state index in [9.17, 15) is 14.7 Å². The second-order valence-corrected chi connectivity index (χ2v) is 6.36. The number of likely N-dealkylation sites (tertiary alicyclic amines) is 1. The van der Waals surface area contributed by atoms with E-state index in [4.69, 9.17) is 4.74 Å². The number of allylic oxidation sites excluding steroid dienone is 2. The summed E-state index contributed by atoms with van der Waals surface area (Å²) >= 11 is 0. The lowest BCUT2D eigenvalue weighted by atomic mass is 9.77. The summed E-state index contributed by atoms with van der Waals surface area (Å²) in [6.07, 6.45) is 4.99. The van der Waals surface area contributed by atoms with Crippen LogP contribution in [0.2, 0.25) is 0 Å². The maximum atomic E-state index is 12.1. The van der Waals surface area contributed by atoms with E-state index in [1.807, 2.05) is 19.1 Å². The van der Waals surface area contributed by atoms with Crippen LogP contribution in [0.4, 0.5) is 4.79 Å². The second-order valence-electron chi connectivity index (χ2n) is 6.36. The number of aliphatic carboxylic acids is 1. The first-order chi connectivity index (χ1) is 9.20. The Bertz CT molecular complexity index is 397. The molecule has 1 fully saturated rings. The van der Waals surface area contributed by atoms with Crippen molar-refractivity contribution in [2.24, 2.45) is 5.41 Å². The van der Waals surface area contributed by atoms with Gasteiger partial charge in [-0.15, -0.1) is 0 Å². The van der Waals surface area contributed by atoms with E-state index in [1.54, 1.807) is 20.8 Å². The highest BCUT2D eigenvalue weighted by atomic mass is 16.6. The average molecular weight is 283 g/mol. The van der Waals surface area contributed by atoms with Gasteiger partial charge >= 0.3 is 12.1 Å². The average Bonchev–Trinajstić information content (AvgIpc) is 2.34. The fourth-order valence-corrected chi connectivity index (χ4v) is 2.39. The Labute approximate surface area is 120 Å². The molecule has 5 nitrogen and oxygen atoms in total. The fraction of sp³-hybridized carbons (Fsp3) is 0.733. The van der Waals surface area contributed by atoms with Crippen LogP contribution in [-0.2, 0) is 9.53 Å². The zero-order chi connectivity index (χ0) is 15.4. The third-order valence-electron chi connectivity index (χ3n) is 3.43. The SMILES string of the molecule is CC=CCC1(C(=O)O)CCCN(C(=O)OC(C)(C)C)C1. The molecule has 5 heteroatoms. The number of rotatable bonds is 3. The Morgan fingerprint density at radius 2 is 2.05 bits per heavy atom. The summed E-state index contributed by atoms with van der Waals surface area (Å²) in [6, 6.07) is 0. The number of ether oxygens (including phenoxy) is 1. The molecule has 1 aliphatic heterocycles. The summed E-state index contributed by atoms with van der Waals surface area (Å²) in [5.74, 6) is -0.844. The lowest BCUT2D eigenvalue weighted by molar-refractivity contribution is -0.152. The Balaban J connectivity index is 2.82. The lowest BCUT2D eigenvalue weighted by Gasteiger charge is -2.39. The smallest absolute Gasteiger partial charge is 0.410 e. The molecule has 1 atom stereocenters. The van der Waals surface area contributed by atoms with Gasteiger partial charge in [-0.05, 0) is 47.0 Å². The van der Waals surface area contributed by atoms with Gasteiger partial charge in [-0.25, -0.2) is 4.79 Å². The van der Waals surface area contributed by atoms with Crippen molar-refractivity contribution in [3.8, 4) is 0 Å². The second kappa shape index (κ2) is 6.29. The predicted octanol–water partition coefficient (Wildman–Crippen LogP) is 3.05. The van der Waals surface area contributed by atoms with Crippen molar-refractivity contribution in [3.05, 3.63) is 12.2 Å². The molecule has 0 bridgehead atoms. The predicted molar refractivity (Wildman–Crippen MR) is 76.5 cm³/mol. The van der Waals surface area contributed by atoms with Crippen molar-refractivity contribution in [3.63, 3.8) is 0 Å². The van der Waals surface area contributed by atoms with Gasteiger partial charge in [0.1, 0.15) is 5.60 Å². The molecule has 114 valence electrons. The van der Waals surface area contributed by atoms with E-state index in [0.29, 0.717) is 25.8 Å². The molecule has 1 saturated heterocycles. The van der Waals surface area contributed by atoms with E-state index >= 15 is 0 Å². The van der Waals surface area contributed by atoms with Crippen LogP contribution in [-0.4, -0.2) is 40.8 Å². The van der Waals surface area contributed by atoms with Gasteiger partial charge in [0, 0.05) is 13.1 Å². The van der Waals surface area contributed by atoms with Gasteiger partial charge in [-0.3, -0.25) is 4.79 Å². The minimum Gasteiger partial charge on any atom is -0.481 e. The van der Waals surface area contributed by atoms with Gasteiger partial charge in [0.15, 0.2) is 0 Å². The molecule has 0 aromatic heterocycles. The highest BCUT2D eigenvalue weighted by molar-refractivity contribution is 5.77. The maximum Gasteiger partial charge on any atom is 0.410 e. The fourth-order valence-electron chi connectivity index (χ4n) is 2.39. The molecule has 1 unspecified atom stereocenters. The zero-order valence-electron chi connectivity index (χ0n) is 12.8. The molecule has 0 aliphatic carbocycles. The van der Waals surface area contributed by atoms with Crippen LogP contribution >= 0.6 is 0 Å². The highest BCUT2D eigenvalue weighted by Gasteiger charge is 2.43. The Morgan fingerprint density at radius 3 is 2.55 bits per heavy atom. The van der Waals surface area contributed by atoms with Gasteiger partial charge < -0.3 is 14.7 Å². The van der Waals surface area contributed by atoms with Crippen molar-refractivity contribution in [1.82, 2.24) is 4.90 Å². The van der Waals surface area contributed by atoms with Crippen LogP contribution in [0.25, 0.3) is 0 Å². The molecular weight excluding hydrogens is 258 g/mol. The number of piperidine rings is 1. The molecule has 0 spiro atoms. The normalized spacial score (nSPS) is 23.9. The summed E-state index contributed by atoms with van der Waals surface area (Å²) in [5, 5.41) is 9.53. The van der Waals surface area contributed by atoms with Crippen LogP contribution in [0.15, 0.2) is 12.2 Å². The van der Waals surface area contributed by atoms with Gasteiger partial charge in [0.25, 0.3) is 0 Å². The lowest BCUT2D eigenvalue weighted by Crippen LogP contribution is -2.50. The van der Waals surface area contributed by atoms with Crippen LogP contribution < -0.4 is 0 Å². The quantitative estimate of drug-likeness (QED) is 0.808. The highest BCUT2D eigenvalue weighted by Crippen LogP contribution is 2.35. The molecule has 1 amide bonds. The number of amides is 1. The summed E-state index contributed by atoms with van der Waals surface area (Å²) in [5.41, 5.74) is -1.45. The minimum absolute atomic E-state index is 0.210. The Kier molecular flexibility index (Phi) is 5.20. The molecule has 1 N–H and O–H groups in total. The Morgan fingerprint density at radius 1 is 1.40 bits per heavy atom. The van der Waals surface area contributed by atoms with Crippen LogP contribution in [0.3, 0.4) is 0 Å². The first-order valence-electron chi connectivity index (χ1n) is 7.03. The summed E-state index contributed by atoms with van der Waals surface area (Å²) in [6.45, 7) is 8.04. The molecule has 0 aromatic rings. The molecule has 1 aliphatic rings. The third-order valence-corrected chi connectivity index (χ3v) is 3.43. The van der Waals surface area contributed by atoms with Crippen molar-refractivity contribution >= 4 is 12.1 Å². The van der Waals surface area contributed by atoms with Gasteiger partial charge in [0.2, 0.25) is 0 Å². The number of nitrogens with zero attached hydrogens (tertiary/aromatic N) is 1. The third kappa shape index (κ3) is 4.25. The standard InChI is InChI=1S/C15H25NO4/c1-5-6-8-15(12(17)18)9-7-10-16(11-15)13(19)20-14(2,3)4/h5-6H,7-11H2,1-4H3,(H,17,18). The van der Waals surface area contributed by atoms with Crippen LogP contribution in [0, 0.1) is 5.41 Å². The van der Waals surface area contributed by atoms with Crippen molar-refractivity contribution in [2.75, 3.05) is 13.1 Å². The molecule has 0 radical (unpaired) electrons. The van der Waals surface area contributed by atoms with Gasteiger partial charge in [-0.2, -0.15) is 0 Å². The number of hydrogen-bond acceptors (Lipinski definition) is 3. The first-order valence-corrected chi connectivity index (χ1v) is 7.03. The summed E-state index contributed by atoms with van der Waals surface area (Å²) in [7, 11) is 0. The van der Waals surface area contributed by atoms with E-state index in [2.05, 4.69) is 0 Å². The van der Waals surface area contributed by atoms with E-state index in [0.717, 1.165) is 0 Å². The molecular formula is C15H25NO4. The van der Waals surface area contributed by atoms with Crippen molar-refractivity contribution in [1.29, 1.82) is 0 Å². The maximum absolute atomic E-state index is 12.1. The van der Waals surface area contributed by atoms with E-state index in [-0.39, 0.29) is 6.54 Å². The van der Waals surface area contributed by atoms with Crippen molar-refractivity contribution in [2.45, 2.75) is 52.6 Å². The number of hydrogen-bond donors (Lipinski definition) is 1. The van der Waals surface area contributed by atoms with Crippen molar-refractivity contribution < 1.29 is 19.4 Å². The number of carboxylic acids is 1.